The Bertz CT molecular complexity index is 366. The van der Waals surface area contributed by atoms with Crippen molar-refractivity contribution in [1.82, 2.24) is 9.97 Å². The summed E-state index contributed by atoms with van der Waals surface area (Å²) >= 11 is 5.91. The summed E-state index contributed by atoms with van der Waals surface area (Å²) in [6.45, 7) is 6.51. The summed E-state index contributed by atoms with van der Waals surface area (Å²) in [4.78, 5) is 8.65. The summed E-state index contributed by atoms with van der Waals surface area (Å²) in [5.41, 5.74) is 3.70. The van der Waals surface area contributed by atoms with Crippen LogP contribution in [0.4, 0.5) is 0 Å². The number of aryl methyl sites for hydroxylation is 1. The van der Waals surface area contributed by atoms with Crippen LogP contribution < -0.4 is 0 Å². The van der Waals surface area contributed by atoms with E-state index in [1.807, 2.05) is 0 Å². The van der Waals surface area contributed by atoms with Gasteiger partial charge >= 0.3 is 0 Å². The van der Waals surface area contributed by atoms with E-state index in [1.165, 1.54) is 12.0 Å². The molecule has 0 N–H and O–H groups in total. The standard InChI is InChI=1S/C11H15ClN2/c1-11(2,3)9-7-5-4-6-8(7)13-10(12)14-9/h4-6H2,1-3H3. The molecular weight excluding hydrogens is 196 g/mol. The fourth-order valence-electron chi connectivity index (χ4n) is 2.02. The van der Waals surface area contributed by atoms with Crippen LogP contribution in [0, 0.1) is 0 Å². The molecule has 1 aromatic rings. The summed E-state index contributed by atoms with van der Waals surface area (Å²) in [6, 6.07) is 0. The van der Waals surface area contributed by atoms with E-state index in [0.29, 0.717) is 5.28 Å². The number of aromatic nitrogens is 2. The Morgan fingerprint density at radius 1 is 1.14 bits per heavy atom. The molecule has 0 fully saturated rings. The van der Waals surface area contributed by atoms with Crippen LogP contribution in [0.1, 0.15) is 44.1 Å². The molecule has 2 rings (SSSR count). The van der Waals surface area contributed by atoms with E-state index >= 15 is 0 Å². The topological polar surface area (TPSA) is 25.8 Å². The summed E-state index contributed by atoms with van der Waals surface area (Å²) < 4.78 is 0. The fourth-order valence-corrected chi connectivity index (χ4v) is 2.21. The average Bonchev–Trinajstić information content (AvgIpc) is 2.47. The first kappa shape index (κ1) is 9.91. The third-order valence-electron chi connectivity index (χ3n) is 2.62. The molecule has 0 aromatic carbocycles. The third-order valence-corrected chi connectivity index (χ3v) is 2.79. The molecule has 0 amide bonds. The van der Waals surface area contributed by atoms with Crippen LogP contribution in [-0.2, 0) is 18.3 Å². The second kappa shape index (κ2) is 3.20. The maximum atomic E-state index is 5.91. The minimum Gasteiger partial charge on any atom is -0.223 e. The van der Waals surface area contributed by atoms with Gasteiger partial charge in [0.05, 0.1) is 5.69 Å². The maximum absolute atomic E-state index is 5.91. The van der Waals surface area contributed by atoms with E-state index < -0.39 is 0 Å². The molecule has 0 aliphatic heterocycles. The van der Waals surface area contributed by atoms with Crippen molar-refractivity contribution in [1.29, 1.82) is 0 Å². The Hall–Kier alpha value is -0.630. The van der Waals surface area contributed by atoms with Crippen molar-refractivity contribution in [2.45, 2.75) is 45.4 Å². The first-order valence-corrected chi connectivity index (χ1v) is 5.42. The quantitative estimate of drug-likeness (QED) is 0.616. The number of nitrogens with zero attached hydrogens (tertiary/aromatic N) is 2. The molecule has 1 aliphatic carbocycles. The van der Waals surface area contributed by atoms with E-state index in [9.17, 15) is 0 Å². The van der Waals surface area contributed by atoms with E-state index in [4.69, 9.17) is 11.6 Å². The Kier molecular flexibility index (Phi) is 2.26. The lowest BCUT2D eigenvalue weighted by atomic mass is 9.88. The largest absolute Gasteiger partial charge is 0.223 e. The number of hydrogen-bond donors (Lipinski definition) is 0. The summed E-state index contributed by atoms with van der Waals surface area (Å²) in [5.74, 6) is 0. The van der Waals surface area contributed by atoms with Crippen LogP contribution in [0.5, 0.6) is 0 Å². The maximum Gasteiger partial charge on any atom is 0.222 e. The Balaban J connectivity index is 2.60. The van der Waals surface area contributed by atoms with Crippen molar-refractivity contribution in [2.75, 3.05) is 0 Å². The molecule has 0 atom stereocenters. The van der Waals surface area contributed by atoms with Crippen LogP contribution in [0.2, 0.25) is 5.28 Å². The van der Waals surface area contributed by atoms with E-state index in [-0.39, 0.29) is 5.41 Å². The number of halogens is 1. The van der Waals surface area contributed by atoms with Crippen LogP contribution in [0.25, 0.3) is 0 Å². The second-order valence-electron chi connectivity index (χ2n) is 4.87. The molecule has 0 bridgehead atoms. The Morgan fingerprint density at radius 2 is 1.86 bits per heavy atom. The number of rotatable bonds is 0. The normalized spacial score (nSPS) is 15.7. The minimum atomic E-state index is 0.0704. The Labute approximate surface area is 89.7 Å². The van der Waals surface area contributed by atoms with Gasteiger partial charge in [-0.15, -0.1) is 0 Å². The third kappa shape index (κ3) is 1.63. The lowest BCUT2D eigenvalue weighted by Crippen LogP contribution is -2.17. The molecule has 1 heterocycles. The van der Waals surface area contributed by atoms with Crippen molar-refractivity contribution >= 4 is 11.6 Å². The van der Waals surface area contributed by atoms with Gasteiger partial charge in [0, 0.05) is 11.1 Å². The highest BCUT2D eigenvalue weighted by atomic mass is 35.5. The Morgan fingerprint density at radius 3 is 2.50 bits per heavy atom. The van der Waals surface area contributed by atoms with E-state index in [1.54, 1.807) is 0 Å². The molecule has 3 heteroatoms. The molecule has 14 heavy (non-hydrogen) atoms. The van der Waals surface area contributed by atoms with Gasteiger partial charge in [0.1, 0.15) is 0 Å². The first-order valence-electron chi connectivity index (χ1n) is 5.04. The van der Waals surface area contributed by atoms with Gasteiger partial charge in [0.25, 0.3) is 0 Å². The van der Waals surface area contributed by atoms with Gasteiger partial charge in [-0.05, 0) is 36.4 Å². The van der Waals surface area contributed by atoms with Crippen molar-refractivity contribution < 1.29 is 0 Å². The van der Waals surface area contributed by atoms with Crippen LogP contribution in [-0.4, -0.2) is 9.97 Å². The summed E-state index contributed by atoms with van der Waals surface area (Å²) in [7, 11) is 0. The smallest absolute Gasteiger partial charge is 0.222 e. The predicted molar refractivity (Wildman–Crippen MR) is 57.8 cm³/mol. The van der Waals surface area contributed by atoms with Gasteiger partial charge in [-0.3, -0.25) is 0 Å². The van der Waals surface area contributed by atoms with Gasteiger partial charge in [-0.2, -0.15) is 0 Å². The average molecular weight is 211 g/mol. The van der Waals surface area contributed by atoms with Crippen molar-refractivity contribution in [3.8, 4) is 0 Å². The zero-order chi connectivity index (χ0) is 10.3. The van der Waals surface area contributed by atoms with Crippen LogP contribution in [0.3, 0.4) is 0 Å². The first-order chi connectivity index (χ1) is 6.48. The lowest BCUT2D eigenvalue weighted by molar-refractivity contribution is 0.559. The summed E-state index contributed by atoms with van der Waals surface area (Å²) in [5, 5.41) is 0.399. The van der Waals surface area contributed by atoms with Crippen LogP contribution >= 0.6 is 11.6 Å². The van der Waals surface area contributed by atoms with E-state index in [0.717, 1.165) is 24.2 Å². The zero-order valence-electron chi connectivity index (χ0n) is 8.89. The molecule has 0 unspecified atom stereocenters. The molecule has 0 spiro atoms. The van der Waals surface area contributed by atoms with Crippen molar-refractivity contribution in [3.63, 3.8) is 0 Å². The molecule has 0 radical (unpaired) electrons. The van der Waals surface area contributed by atoms with Crippen molar-refractivity contribution in [3.05, 3.63) is 22.2 Å². The molecule has 1 aromatic heterocycles. The lowest BCUT2D eigenvalue weighted by Gasteiger charge is -2.20. The number of fused-ring (bicyclic) bond motifs is 1. The molecule has 76 valence electrons. The van der Waals surface area contributed by atoms with Gasteiger partial charge < -0.3 is 0 Å². The highest BCUT2D eigenvalue weighted by Gasteiger charge is 2.26. The minimum absolute atomic E-state index is 0.0704. The SMILES string of the molecule is CC(C)(C)c1nc(Cl)nc2c1CCC2. The molecule has 1 aliphatic rings. The van der Waals surface area contributed by atoms with Gasteiger partial charge in [0.15, 0.2) is 0 Å². The molecule has 2 nitrogen and oxygen atoms in total. The van der Waals surface area contributed by atoms with Gasteiger partial charge in [-0.25, -0.2) is 9.97 Å². The highest BCUT2D eigenvalue weighted by molar-refractivity contribution is 6.28. The van der Waals surface area contributed by atoms with Crippen LogP contribution in [0.15, 0.2) is 0 Å². The van der Waals surface area contributed by atoms with Crippen molar-refractivity contribution in [2.24, 2.45) is 0 Å². The predicted octanol–water partition coefficient (Wildman–Crippen LogP) is 2.92. The zero-order valence-corrected chi connectivity index (χ0v) is 9.65. The van der Waals surface area contributed by atoms with E-state index in [2.05, 4.69) is 30.7 Å². The van der Waals surface area contributed by atoms with Gasteiger partial charge in [0.2, 0.25) is 5.28 Å². The number of hydrogen-bond acceptors (Lipinski definition) is 2. The second-order valence-corrected chi connectivity index (χ2v) is 5.21. The monoisotopic (exact) mass is 210 g/mol. The highest BCUT2D eigenvalue weighted by Crippen LogP contribution is 2.31. The van der Waals surface area contributed by atoms with Gasteiger partial charge in [-0.1, -0.05) is 20.8 Å². The molecule has 0 saturated heterocycles. The molecular formula is C11H15ClN2. The summed E-state index contributed by atoms with van der Waals surface area (Å²) in [6.07, 6.45) is 3.35. The fraction of sp³-hybridized carbons (Fsp3) is 0.636. The molecule has 0 saturated carbocycles.